The van der Waals surface area contributed by atoms with Crippen LogP contribution in [0.3, 0.4) is 0 Å². The molecule has 0 atom stereocenters. The molecule has 2 N–H and O–H groups in total. The summed E-state index contributed by atoms with van der Waals surface area (Å²) in [6, 6.07) is 12.1. The van der Waals surface area contributed by atoms with Crippen molar-refractivity contribution in [2.75, 3.05) is 43.6 Å². The van der Waals surface area contributed by atoms with Gasteiger partial charge in [-0.15, -0.1) is 0 Å². The highest BCUT2D eigenvalue weighted by Gasteiger charge is 2.19. The predicted molar refractivity (Wildman–Crippen MR) is 127 cm³/mol. The van der Waals surface area contributed by atoms with Crippen LogP contribution in [0.1, 0.15) is 34.6 Å². The van der Waals surface area contributed by atoms with Crippen molar-refractivity contribution in [3.05, 3.63) is 53.6 Å². The third-order valence-electron chi connectivity index (χ3n) is 4.71. The topological polar surface area (TPSA) is 89.1 Å². The monoisotopic (exact) mass is 457 g/mol. The number of amides is 1. The zero-order valence-corrected chi connectivity index (χ0v) is 19.2. The maximum absolute atomic E-state index is 12.7. The molecule has 32 heavy (non-hydrogen) atoms. The van der Waals surface area contributed by atoms with E-state index in [2.05, 4.69) is 15.5 Å². The van der Waals surface area contributed by atoms with Crippen molar-refractivity contribution < 1.29 is 23.8 Å². The lowest BCUT2D eigenvalue weighted by Gasteiger charge is -2.31. The van der Waals surface area contributed by atoms with E-state index in [9.17, 15) is 9.59 Å². The summed E-state index contributed by atoms with van der Waals surface area (Å²) in [5, 5.41) is 5.85. The second-order valence-electron chi connectivity index (χ2n) is 7.43. The Morgan fingerprint density at radius 2 is 1.84 bits per heavy atom. The number of hydrogen-bond acceptors (Lipinski definition) is 7. The van der Waals surface area contributed by atoms with Crippen LogP contribution in [0, 0.1) is 0 Å². The van der Waals surface area contributed by atoms with Crippen molar-refractivity contribution in [2.24, 2.45) is 0 Å². The van der Waals surface area contributed by atoms with E-state index in [4.69, 9.17) is 26.4 Å². The fourth-order valence-corrected chi connectivity index (χ4v) is 3.48. The van der Waals surface area contributed by atoms with Gasteiger partial charge in [-0.1, -0.05) is 6.07 Å². The smallest absolute Gasteiger partial charge is 0.337 e. The molecule has 0 radical (unpaired) electrons. The first kappa shape index (κ1) is 23.5. The number of hydrogen-bond donors (Lipinski definition) is 2. The largest absolute Gasteiger partial charge is 0.491 e. The minimum absolute atomic E-state index is 0.00301. The molecule has 0 aliphatic carbocycles. The Labute approximate surface area is 192 Å². The van der Waals surface area contributed by atoms with Crippen LogP contribution >= 0.6 is 12.2 Å². The van der Waals surface area contributed by atoms with Gasteiger partial charge in [-0.3, -0.25) is 10.1 Å². The molecule has 0 unspecified atom stereocenters. The number of esters is 1. The van der Waals surface area contributed by atoms with Crippen LogP contribution in [0.25, 0.3) is 0 Å². The minimum atomic E-state index is -0.460. The van der Waals surface area contributed by atoms with E-state index in [0.717, 1.165) is 5.69 Å². The molecule has 9 heteroatoms. The van der Waals surface area contributed by atoms with Gasteiger partial charge in [0.2, 0.25) is 0 Å². The quantitative estimate of drug-likeness (QED) is 0.505. The summed E-state index contributed by atoms with van der Waals surface area (Å²) in [7, 11) is 1.33. The van der Waals surface area contributed by atoms with Gasteiger partial charge in [-0.2, -0.15) is 0 Å². The molecule has 2 aromatic carbocycles. The van der Waals surface area contributed by atoms with Crippen LogP contribution in [0.15, 0.2) is 42.5 Å². The van der Waals surface area contributed by atoms with Gasteiger partial charge in [-0.05, 0) is 62.5 Å². The summed E-state index contributed by atoms with van der Waals surface area (Å²) in [5.74, 6) is -0.223. The van der Waals surface area contributed by atoms with Gasteiger partial charge < -0.3 is 24.4 Å². The van der Waals surface area contributed by atoms with Crippen molar-refractivity contribution in [1.29, 1.82) is 0 Å². The van der Waals surface area contributed by atoms with Gasteiger partial charge >= 0.3 is 5.97 Å². The van der Waals surface area contributed by atoms with Gasteiger partial charge in [0.1, 0.15) is 5.75 Å². The molecule has 0 saturated carbocycles. The van der Waals surface area contributed by atoms with Crippen LogP contribution in [0.4, 0.5) is 11.4 Å². The molecule has 0 aromatic heterocycles. The zero-order valence-electron chi connectivity index (χ0n) is 18.3. The number of nitrogens with zero attached hydrogens (tertiary/aromatic N) is 1. The summed E-state index contributed by atoms with van der Waals surface area (Å²) in [4.78, 5) is 26.8. The number of nitrogens with one attached hydrogen (secondary N) is 2. The molecule has 170 valence electrons. The number of carbonyl (C=O) groups is 2. The second kappa shape index (κ2) is 10.9. The number of carbonyl (C=O) groups excluding carboxylic acids is 2. The highest BCUT2D eigenvalue weighted by molar-refractivity contribution is 7.80. The average molecular weight is 458 g/mol. The molecule has 2 aromatic rings. The van der Waals surface area contributed by atoms with Crippen LogP contribution < -0.4 is 20.3 Å². The minimum Gasteiger partial charge on any atom is -0.491 e. The fraction of sp³-hybridized carbons (Fsp3) is 0.348. The van der Waals surface area contributed by atoms with E-state index in [0.29, 0.717) is 48.9 Å². The normalized spacial score (nSPS) is 13.4. The summed E-state index contributed by atoms with van der Waals surface area (Å²) in [6.45, 7) is 6.45. The molecule has 0 bridgehead atoms. The van der Waals surface area contributed by atoms with E-state index in [-0.39, 0.29) is 17.1 Å². The first-order valence-corrected chi connectivity index (χ1v) is 10.7. The van der Waals surface area contributed by atoms with Crippen molar-refractivity contribution >= 4 is 40.6 Å². The molecule has 1 aliphatic rings. The first-order chi connectivity index (χ1) is 15.4. The van der Waals surface area contributed by atoms with Crippen molar-refractivity contribution in [3.63, 3.8) is 0 Å². The van der Waals surface area contributed by atoms with E-state index in [1.807, 2.05) is 19.9 Å². The number of benzene rings is 2. The molecular weight excluding hydrogens is 430 g/mol. The third kappa shape index (κ3) is 6.18. The Morgan fingerprint density at radius 3 is 2.53 bits per heavy atom. The van der Waals surface area contributed by atoms with E-state index < -0.39 is 5.97 Å². The zero-order chi connectivity index (χ0) is 23.1. The number of rotatable bonds is 6. The number of morpholine rings is 1. The number of anilines is 2. The van der Waals surface area contributed by atoms with Crippen molar-refractivity contribution in [3.8, 4) is 5.75 Å². The average Bonchev–Trinajstić information content (AvgIpc) is 2.78. The lowest BCUT2D eigenvalue weighted by atomic mass is 10.1. The molecule has 3 rings (SSSR count). The lowest BCUT2D eigenvalue weighted by Crippen LogP contribution is -2.38. The van der Waals surface area contributed by atoms with Crippen LogP contribution in [-0.4, -0.2) is 56.5 Å². The molecule has 1 saturated heterocycles. The molecule has 8 nitrogen and oxygen atoms in total. The lowest BCUT2D eigenvalue weighted by molar-refractivity contribution is 0.0600. The highest BCUT2D eigenvalue weighted by Crippen LogP contribution is 2.28. The summed E-state index contributed by atoms with van der Waals surface area (Å²) in [6.07, 6.45) is -0.00301. The van der Waals surface area contributed by atoms with Crippen LogP contribution in [0.5, 0.6) is 5.75 Å². The maximum atomic E-state index is 12.7. The predicted octanol–water partition coefficient (Wildman–Crippen LogP) is 3.22. The molecule has 1 fully saturated rings. The molecule has 1 aliphatic heterocycles. The molecular formula is C23H27N3O5S. The van der Waals surface area contributed by atoms with Gasteiger partial charge in [0.25, 0.3) is 5.91 Å². The van der Waals surface area contributed by atoms with Gasteiger partial charge in [0.15, 0.2) is 5.11 Å². The molecule has 1 amide bonds. The highest BCUT2D eigenvalue weighted by atomic mass is 32.1. The first-order valence-electron chi connectivity index (χ1n) is 10.3. The maximum Gasteiger partial charge on any atom is 0.337 e. The van der Waals surface area contributed by atoms with Gasteiger partial charge in [0.05, 0.1) is 43.4 Å². The van der Waals surface area contributed by atoms with Crippen molar-refractivity contribution in [2.45, 2.75) is 20.0 Å². The van der Waals surface area contributed by atoms with Crippen LogP contribution in [0.2, 0.25) is 0 Å². The Hall–Kier alpha value is -3.17. The Balaban J connectivity index is 1.76. The summed E-state index contributed by atoms with van der Waals surface area (Å²) in [5.41, 5.74) is 2.24. The standard InChI is InChI=1S/C23H27N3O5S/c1-15(2)31-18-6-4-5-16(13-18)21(27)25-23(32)24-19-14-17(22(28)29-3)7-8-20(19)26-9-11-30-12-10-26/h4-8,13-15H,9-12H2,1-3H3,(H2,24,25,27,32). The summed E-state index contributed by atoms with van der Waals surface area (Å²) >= 11 is 5.38. The van der Waals surface area contributed by atoms with Crippen LogP contribution in [-0.2, 0) is 9.47 Å². The SMILES string of the molecule is COC(=O)c1ccc(N2CCOCC2)c(NC(=S)NC(=O)c2cccc(OC(C)C)c2)c1. The molecule has 1 heterocycles. The Morgan fingerprint density at radius 1 is 1.09 bits per heavy atom. The van der Waals surface area contributed by atoms with E-state index >= 15 is 0 Å². The third-order valence-corrected chi connectivity index (χ3v) is 4.92. The van der Waals surface area contributed by atoms with Gasteiger partial charge in [0, 0.05) is 18.7 Å². The number of thiocarbonyl (C=S) groups is 1. The van der Waals surface area contributed by atoms with Crippen molar-refractivity contribution in [1.82, 2.24) is 5.32 Å². The second-order valence-corrected chi connectivity index (χ2v) is 7.83. The van der Waals surface area contributed by atoms with Gasteiger partial charge in [-0.25, -0.2) is 4.79 Å². The fourth-order valence-electron chi connectivity index (χ4n) is 3.27. The van der Waals surface area contributed by atoms with E-state index in [1.54, 1.807) is 36.4 Å². The van der Waals surface area contributed by atoms with E-state index in [1.165, 1.54) is 7.11 Å². The molecule has 0 spiro atoms. The summed E-state index contributed by atoms with van der Waals surface area (Å²) < 4.78 is 15.9. The Kier molecular flexibility index (Phi) is 8.02. The Bertz CT molecular complexity index is 989. The number of methoxy groups -OCH3 is 1. The number of ether oxygens (including phenoxy) is 3.